The number of benzene rings is 1. The summed E-state index contributed by atoms with van der Waals surface area (Å²) < 4.78 is 5.56. The van der Waals surface area contributed by atoms with E-state index in [1.165, 1.54) is 0 Å². The summed E-state index contributed by atoms with van der Waals surface area (Å²) in [5.41, 5.74) is 1.68. The van der Waals surface area contributed by atoms with Crippen molar-refractivity contribution in [2.75, 3.05) is 0 Å². The van der Waals surface area contributed by atoms with Crippen LogP contribution in [0.5, 0.6) is 5.75 Å². The Balaban J connectivity index is 2.17. The van der Waals surface area contributed by atoms with Crippen LogP contribution >= 0.6 is 0 Å². The summed E-state index contributed by atoms with van der Waals surface area (Å²) in [7, 11) is 0. The first-order chi connectivity index (χ1) is 8.19. The quantitative estimate of drug-likeness (QED) is 0.850. The Bertz CT molecular complexity index is 474. The van der Waals surface area contributed by atoms with E-state index >= 15 is 0 Å². The van der Waals surface area contributed by atoms with Gasteiger partial charge in [0.1, 0.15) is 11.6 Å². The van der Waals surface area contributed by atoms with Gasteiger partial charge in [0.25, 0.3) is 0 Å². The highest BCUT2D eigenvalue weighted by Gasteiger charge is 2.03. The van der Waals surface area contributed by atoms with E-state index in [9.17, 15) is 0 Å². The van der Waals surface area contributed by atoms with Gasteiger partial charge in [0, 0.05) is 5.56 Å². The second kappa shape index (κ2) is 5.01. The van der Waals surface area contributed by atoms with Crippen LogP contribution in [-0.4, -0.2) is 21.2 Å². The van der Waals surface area contributed by atoms with Gasteiger partial charge in [-0.1, -0.05) is 0 Å². The maximum Gasteiger partial charge on any atom is 0.137 e. The number of H-pyrrole nitrogens is 1. The zero-order valence-electron chi connectivity index (χ0n) is 9.97. The first-order valence-corrected chi connectivity index (χ1v) is 5.61. The predicted molar refractivity (Wildman–Crippen MR) is 65.7 cm³/mol. The van der Waals surface area contributed by atoms with Crippen LogP contribution in [-0.2, 0) is 6.61 Å². The molecule has 4 nitrogen and oxygen atoms in total. The number of aliphatic hydroxyl groups is 1. The normalized spacial score (nSPS) is 10.8. The third kappa shape index (κ3) is 2.85. The van der Waals surface area contributed by atoms with Gasteiger partial charge in [-0.3, -0.25) is 0 Å². The number of nitrogens with zero attached hydrogens (tertiary/aromatic N) is 1. The van der Waals surface area contributed by atoms with Gasteiger partial charge in [0.05, 0.1) is 24.6 Å². The molecule has 1 aromatic carbocycles. The van der Waals surface area contributed by atoms with Crippen molar-refractivity contribution >= 4 is 0 Å². The van der Waals surface area contributed by atoms with Crippen molar-refractivity contribution in [1.29, 1.82) is 0 Å². The molecule has 0 atom stereocenters. The fraction of sp³-hybridized carbons (Fsp3) is 0.308. The molecule has 0 aliphatic carbocycles. The third-order valence-electron chi connectivity index (χ3n) is 2.30. The molecule has 0 unspecified atom stereocenters. The Hall–Kier alpha value is -1.81. The van der Waals surface area contributed by atoms with Gasteiger partial charge in [-0.25, -0.2) is 4.98 Å². The van der Waals surface area contributed by atoms with Crippen molar-refractivity contribution in [3.63, 3.8) is 0 Å². The lowest BCUT2D eigenvalue weighted by Crippen LogP contribution is -2.05. The fourth-order valence-electron chi connectivity index (χ4n) is 1.55. The number of rotatable bonds is 4. The second-order valence-electron chi connectivity index (χ2n) is 4.11. The number of imidazole rings is 1. The number of hydrogen-bond donors (Lipinski definition) is 2. The summed E-state index contributed by atoms with van der Waals surface area (Å²) in [6.45, 7) is 3.96. The monoisotopic (exact) mass is 232 g/mol. The molecule has 0 saturated heterocycles. The highest BCUT2D eigenvalue weighted by molar-refractivity contribution is 5.56. The minimum atomic E-state index is -0.0262. The van der Waals surface area contributed by atoms with E-state index in [1.54, 1.807) is 6.20 Å². The maximum atomic E-state index is 8.95. The van der Waals surface area contributed by atoms with Crippen LogP contribution in [0.2, 0.25) is 0 Å². The Morgan fingerprint density at radius 2 is 2.00 bits per heavy atom. The zero-order chi connectivity index (χ0) is 12.3. The fourth-order valence-corrected chi connectivity index (χ4v) is 1.55. The number of aromatic nitrogens is 2. The largest absolute Gasteiger partial charge is 0.491 e. The van der Waals surface area contributed by atoms with Gasteiger partial charge in [-0.2, -0.15) is 0 Å². The van der Waals surface area contributed by atoms with Crippen LogP contribution in [0.4, 0.5) is 0 Å². The van der Waals surface area contributed by atoms with Gasteiger partial charge in [0.15, 0.2) is 0 Å². The number of ether oxygens (including phenoxy) is 1. The molecule has 0 spiro atoms. The van der Waals surface area contributed by atoms with Crippen LogP contribution in [0.1, 0.15) is 19.5 Å². The lowest BCUT2D eigenvalue weighted by Gasteiger charge is -2.09. The van der Waals surface area contributed by atoms with Gasteiger partial charge < -0.3 is 14.8 Å². The molecule has 0 aliphatic heterocycles. The Labute approximate surface area is 100 Å². The van der Waals surface area contributed by atoms with Gasteiger partial charge >= 0.3 is 0 Å². The number of aromatic amines is 1. The van der Waals surface area contributed by atoms with E-state index in [4.69, 9.17) is 9.84 Å². The van der Waals surface area contributed by atoms with Gasteiger partial charge in [-0.05, 0) is 38.1 Å². The van der Waals surface area contributed by atoms with Crippen molar-refractivity contribution in [1.82, 2.24) is 9.97 Å². The summed E-state index contributed by atoms with van der Waals surface area (Å²) in [4.78, 5) is 7.23. The van der Waals surface area contributed by atoms with E-state index in [1.807, 2.05) is 38.1 Å². The summed E-state index contributed by atoms with van der Waals surface area (Å²) >= 11 is 0. The molecule has 2 rings (SSSR count). The smallest absolute Gasteiger partial charge is 0.137 e. The van der Waals surface area contributed by atoms with Crippen molar-refractivity contribution in [3.8, 4) is 17.1 Å². The molecule has 1 heterocycles. The molecule has 90 valence electrons. The van der Waals surface area contributed by atoms with E-state index in [-0.39, 0.29) is 12.7 Å². The van der Waals surface area contributed by atoms with E-state index < -0.39 is 0 Å². The lowest BCUT2D eigenvalue weighted by molar-refractivity contribution is 0.242. The summed E-state index contributed by atoms with van der Waals surface area (Å²) in [6, 6.07) is 7.71. The van der Waals surface area contributed by atoms with Crippen LogP contribution in [0.3, 0.4) is 0 Å². The summed E-state index contributed by atoms with van der Waals surface area (Å²) in [5.74, 6) is 1.60. The molecule has 0 bridgehead atoms. The highest BCUT2D eigenvalue weighted by Crippen LogP contribution is 2.20. The summed E-state index contributed by atoms with van der Waals surface area (Å²) in [5, 5.41) is 8.95. The molecule has 1 aromatic heterocycles. The van der Waals surface area contributed by atoms with Crippen molar-refractivity contribution in [3.05, 3.63) is 36.2 Å². The molecular weight excluding hydrogens is 216 g/mol. The molecule has 0 radical (unpaired) electrons. The third-order valence-corrected chi connectivity index (χ3v) is 2.30. The molecule has 4 heteroatoms. The standard InChI is InChI=1S/C13H16N2O2/c1-9(2)17-12-5-3-10(4-6-12)13-14-7-11(8-16)15-13/h3-7,9,16H,8H2,1-2H3,(H,14,15). The zero-order valence-corrected chi connectivity index (χ0v) is 9.97. The SMILES string of the molecule is CC(C)Oc1ccc(-c2ncc(CO)[nH]2)cc1. The van der Waals surface area contributed by atoms with Crippen molar-refractivity contribution in [2.24, 2.45) is 0 Å². The van der Waals surface area contributed by atoms with Crippen molar-refractivity contribution < 1.29 is 9.84 Å². The lowest BCUT2D eigenvalue weighted by atomic mass is 10.2. The molecule has 0 fully saturated rings. The molecule has 0 amide bonds. The average Bonchev–Trinajstić information content (AvgIpc) is 2.78. The molecule has 0 saturated carbocycles. The molecule has 0 aliphatic rings. The Morgan fingerprint density at radius 3 is 2.53 bits per heavy atom. The van der Waals surface area contributed by atoms with Gasteiger partial charge in [-0.15, -0.1) is 0 Å². The molecule has 17 heavy (non-hydrogen) atoms. The topological polar surface area (TPSA) is 58.1 Å². The predicted octanol–water partition coefficient (Wildman–Crippen LogP) is 2.36. The van der Waals surface area contributed by atoms with Crippen molar-refractivity contribution in [2.45, 2.75) is 26.6 Å². The number of nitrogens with one attached hydrogen (secondary N) is 1. The number of hydrogen-bond acceptors (Lipinski definition) is 3. The Kier molecular flexibility index (Phi) is 3.44. The van der Waals surface area contributed by atoms with Gasteiger partial charge in [0.2, 0.25) is 0 Å². The first kappa shape index (κ1) is 11.7. The van der Waals surface area contributed by atoms with Crippen LogP contribution in [0.15, 0.2) is 30.5 Å². The summed E-state index contributed by atoms with van der Waals surface area (Å²) in [6.07, 6.45) is 1.80. The van der Waals surface area contributed by atoms with Crippen LogP contribution < -0.4 is 4.74 Å². The molecule has 2 N–H and O–H groups in total. The maximum absolute atomic E-state index is 8.95. The molecule has 2 aromatic rings. The minimum Gasteiger partial charge on any atom is -0.491 e. The minimum absolute atomic E-state index is 0.0262. The number of aliphatic hydroxyl groups excluding tert-OH is 1. The average molecular weight is 232 g/mol. The van der Waals surface area contributed by atoms with Crippen LogP contribution in [0, 0.1) is 0 Å². The van der Waals surface area contributed by atoms with E-state index in [2.05, 4.69) is 9.97 Å². The second-order valence-corrected chi connectivity index (χ2v) is 4.11. The molecular formula is C13H16N2O2. The van der Waals surface area contributed by atoms with Crippen LogP contribution in [0.25, 0.3) is 11.4 Å². The highest BCUT2D eigenvalue weighted by atomic mass is 16.5. The van der Waals surface area contributed by atoms with E-state index in [0.717, 1.165) is 17.1 Å². The Morgan fingerprint density at radius 1 is 1.29 bits per heavy atom. The first-order valence-electron chi connectivity index (χ1n) is 5.61. The van der Waals surface area contributed by atoms with E-state index in [0.29, 0.717) is 5.69 Å².